The maximum absolute atomic E-state index is 13.1. The number of ether oxygens (including phenoxy) is 1. The highest BCUT2D eigenvalue weighted by molar-refractivity contribution is 5.91. The molecule has 1 heterocycles. The quantitative estimate of drug-likeness (QED) is 0.343. The zero-order valence-corrected chi connectivity index (χ0v) is 19.1. The van der Waals surface area contributed by atoms with Gasteiger partial charge in [0.15, 0.2) is 6.73 Å². The molecule has 5 aromatic rings. The van der Waals surface area contributed by atoms with Crippen LogP contribution >= 0.6 is 0 Å². The van der Waals surface area contributed by atoms with Gasteiger partial charge in [-0.3, -0.25) is 4.79 Å². The molecule has 35 heavy (non-hydrogen) atoms. The van der Waals surface area contributed by atoms with E-state index in [1.165, 1.54) is 11.0 Å². The van der Waals surface area contributed by atoms with Gasteiger partial charge < -0.3 is 10.1 Å². The molecule has 1 aromatic heterocycles. The van der Waals surface area contributed by atoms with Crippen molar-refractivity contribution in [3.63, 3.8) is 0 Å². The predicted molar refractivity (Wildman–Crippen MR) is 134 cm³/mol. The molecule has 0 spiro atoms. The third-order valence-corrected chi connectivity index (χ3v) is 5.91. The summed E-state index contributed by atoms with van der Waals surface area (Å²) in [7, 11) is 0. The van der Waals surface area contributed by atoms with E-state index in [1.807, 2.05) is 84.9 Å². The second-order valence-corrected chi connectivity index (χ2v) is 8.21. The van der Waals surface area contributed by atoms with Crippen LogP contribution in [0.4, 0.5) is 0 Å². The number of fused-ring (bicyclic) bond motifs is 1. The summed E-state index contributed by atoms with van der Waals surface area (Å²) in [4.78, 5) is 13.1. The molecule has 0 aliphatic carbocycles. The number of tetrazole rings is 1. The molecule has 0 saturated heterocycles. The van der Waals surface area contributed by atoms with Crippen LogP contribution in [0.25, 0.3) is 10.8 Å². The van der Waals surface area contributed by atoms with Crippen LogP contribution in [-0.4, -0.2) is 26.1 Å². The van der Waals surface area contributed by atoms with E-state index < -0.39 is 0 Å². The summed E-state index contributed by atoms with van der Waals surface area (Å²) in [5.74, 6) is 0.753. The van der Waals surface area contributed by atoms with Gasteiger partial charge in [-0.05, 0) is 45.0 Å². The Hall–Kier alpha value is -4.52. The van der Waals surface area contributed by atoms with E-state index in [1.54, 1.807) is 0 Å². The van der Waals surface area contributed by atoms with Crippen molar-refractivity contribution in [2.45, 2.75) is 25.6 Å². The normalized spacial score (nSPS) is 11.0. The number of hydrogen-bond acceptors (Lipinski definition) is 5. The molecule has 5 rings (SSSR count). The second kappa shape index (κ2) is 10.6. The highest BCUT2D eigenvalue weighted by Crippen LogP contribution is 2.29. The maximum Gasteiger partial charge on any atom is 0.221 e. The predicted octanol–water partition coefficient (Wildman–Crippen LogP) is 4.70. The molecule has 1 N–H and O–H groups in total. The lowest BCUT2D eigenvalue weighted by Crippen LogP contribution is -2.29. The van der Waals surface area contributed by atoms with Gasteiger partial charge in [0.1, 0.15) is 12.1 Å². The molecule has 0 fully saturated rings. The Balaban J connectivity index is 1.30. The van der Waals surface area contributed by atoms with Gasteiger partial charge in [-0.25, -0.2) is 0 Å². The Morgan fingerprint density at radius 3 is 2.20 bits per heavy atom. The lowest BCUT2D eigenvalue weighted by atomic mass is 9.97. The second-order valence-electron chi connectivity index (χ2n) is 8.21. The fourth-order valence-corrected chi connectivity index (χ4v) is 4.20. The highest BCUT2D eigenvalue weighted by atomic mass is 16.5. The molecule has 0 radical (unpaired) electrons. The zero-order chi connectivity index (χ0) is 23.9. The van der Waals surface area contributed by atoms with Crippen molar-refractivity contribution >= 4 is 16.7 Å². The first-order valence-corrected chi connectivity index (χ1v) is 11.5. The number of amides is 1. The SMILES string of the molecule is O=C(CCc1cccc2c(OCn3cnnn3)cccc12)NC(c1ccccc1)c1ccccc1. The molecular formula is C28H25N5O2. The molecular weight excluding hydrogens is 438 g/mol. The third kappa shape index (κ3) is 5.35. The number of carbonyl (C=O) groups is 1. The highest BCUT2D eigenvalue weighted by Gasteiger charge is 2.17. The van der Waals surface area contributed by atoms with Crippen LogP contribution in [0.15, 0.2) is 103 Å². The minimum atomic E-state index is -0.191. The van der Waals surface area contributed by atoms with Crippen molar-refractivity contribution in [2.24, 2.45) is 0 Å². The Morgan fingerprint density at radius 2 is 1.51 bits per heavy atom. The molecule has 4 aromatic carbocycles. The molecule has 0 aliphatic heterocycles. The number of carbonyl (C=O) groups excluding carboxylic acids is 1. The summed E-state index contributed by atoms with van der Waals surface area (Å²) in [6, 6.07) is 31.9. The monoisotopic (exact) mass is 463 g/mol. The van der Waals surface area contributed by atoms with Crippen LogP contribution in [-0.2, 0) is 17.9 Å². The van der Waals surface area contributed by atoms with Gasteiger partial charge in [0.05, 0.1) is 6.04 Å². The standard InChI is InChI=1S/C28H25N5O2/c34-27(30-28(22-9-3-1-4-10-22)23-11-5-2-6-12-23)18-17-21-13-7-15-25-24(21)14-8-16-26(25)35-20-33-19-29-31-32-33/h1-16,19,28H,17-18,20H2,(H,30,34). The van der Waals surface area contributed by atoms with Gasteiger partial charge >= 0.3 is 0 Å². The molecule has 0 saturated carbocycles. The first-order valence-electron chi connectivity index (χ1n) is 11.5. The number of rotatable bonds is 9. The van der Waals surface area contributed by atoms with Crippen molar-refractivity contribution in [2.75, 3.05) is 0 Å². The fourth-order valence-electron chi connectivity index (χ4n) is 4.20. The van der Waals surface area contributed by atoms with E-state index in [9.17, 15) is 4.79 Å². The largest absolute Gasteiger partial charge is 0.470 e. The van der Waals surface area contributed by atoms with Crippen LogP contribution in [0.5, 0.6) is 5.75 Å². The van der Waals surface area contributed by atoms with E-state index in [0.717, 1.165) is 33.2 Å². The molecule has 0 aliphatic rings. The van der Waals surface area contributed by atoms with Gasteiger partial charge in [-0.1, -0.05) is 91.0 Å². The van der Waals surface area contributed by atoms with Crippen molar-refractivity contribution < 1.29 is 9.53 Å². The number of nitrogens with one attached hydrogen (secondary N) is 1. The van der Waals surface area contributed by atoms with Gasteiger partial charge in [0.2, 0.25) is 5.91 Å². The van der Waals surface area contributed by atoms with E-state index in [2.05, 4.69) is 33.0 Å². The van der Waals surface area contributed by atoms with Crippen molar-refractivity contribution in [3.8, 4) is 5.75 Å². The lowest BCUT2D eigenvalue weighted by molar-refractivity contribution is -0.121. The number of aryl methyl sites for hydroxylation is 1. The van der Waals surface area contributed by atoms with Crippen LogP contribution < -0.4 is 10.1 Å². The van der Waals surface area contributed by atoms with Crippen molar-refractivity contribution in [3.05, 3.63) is 120 Å². The van der Waals surface area contributed by atoms with Gasteiger partial charge in [-0.2, -0.15) is 4.68 Å². The zero-order valence-electron chi connectivity index (χ0n) is 19.1. The maximum atomic E-state index is 13.1. The van der Waals surface area contributed by atoms with Crippen molar-refractivity contribution in [1.29, 1.82) is 0 Å². The topological polar surface area (TPSA) is 81.9 Å². The minimum absolute atomic E-state index is 0.00537. The Kier molecular flexibility index (Phi) is 6.75. The molecule has 174 valence electrons. The summed E-state index contributed by atoms with van der Waals surface area (Å²) in [6.07, 6.45) is 2.51. The molecule has 7 nitrogen and oxygen atoms in total. The van der Waals surface area contributed by atoms with E-state index in [-0.39, 0.29) is 18.7 Å². The van der Waals surface area contributed by atoms with Gasteiger partial charge in [0, 0.05) is 11.8 Å². The summed E-state index contributed by atoms with van der Waals surface area (Å²) >= 11 is 0. The average molecular weight is 464 g/mol. The first-order chi connectivity index (χ1) is 17.3. The summed E-state index contributed by atoms with van der Waals surface area (Å²) < 4.78 is 7.45. The summed E-state index contributed by atoms with van der Waals surface area (Å²) in [6.45, 7) is 0.221. The third-order valence-electron chi connectivity index (χ3n) is 5.91. The molecule has 0 atom stereocenters. The van der Waals surface area contributed by atoms with Crippen LogP contribution in [0, 0.1) is 0 Å². The minimum Gasteiger partial charge on any atom is -0.470 e. The van der Waals surface area contributed by atoms with Crippen LogP contribution in [0.2, 0.25) is 0 Å². The Labute approximate surface area is 203 Å². The number of aromatic nitrogens is 4. The lowest BCUT2D eigenvalue weighted by Gasteiger charge is -2.20. The van der Waals surface area contributed by atoms with Crippen LogP contribution in [0.1, 0.15) is 29.2 Å². The Morgan fingerprint density at radius 1 is 0.829 bits per heavy atom. The smallest absolute Gasteiger partial charge is 0.221 e. The van der Waals surface area contributed by atoms with E-state index in [4.69, 9.17) is 4.74 Å². The first kappa shape index (κ1) is 22.3. The van der Waals surface area contributed by atoms with E-state index in [0.29, 0.717) is 12.8 Å². The molecule has 7 heteroatoms. The summed E-state index contributed by atoms with van der Waals surface area (Å²) in [5, 5.41) is 16.4. The summed E-state index contributed by atoms with van der Waals surface area (Å²) in [5.41, 5.74) is 3.21. The van der Waals surface area contributed by atoms with Crippen LogP contribution in [0.3, 0.4) is 0 Å². The van der Waals surface area contributed by atoms with E-state index >= 15 is 0 Å². The number of hydrogen-bond donors (Lipinski definition) is 1. The van der Waals surface area contributed by atoms with Crippen molar-refractivity contribution in [1.82, 2.24) is 25.5 Å². The number of nitrogens with zero attached hydrogens (tertiary/aromatic N) is 4. The molecule has 0 bridgehead atoms. The fraction of sp³-hybridized carbons (Fsp3) is 0.143. The van der Waals surface area contributed by atoms with Gasteiger partial charge in [0.25, 0.3) is 0 Å². The Bertz CT molecular complexity index is 1350. The van der Waals surface area contributed by atoms with Gasteiger partial charge in [-0.15, -0.1) is 5.10 Å². The molecule has 1 amide bonds. The molecule has 0 unspecified atom stereocenters. The number of benzene rings is 4. The average Bonchev–Trinajstić information content (AvgIpc) is 3.44.